The molecule has 0 aromatic heterocycles. The van der Waals surface area contributed by atoms with Gasteiger partial charge in [0.1, 0.15) is 0 Å². The van der Waals surface area contributed by atoms with Gasteiger partial charge in [-0.1, -0.05) is 12.8 Å². The number of cyclic esters (lactones) is 1. The third kappa shape index (κ3) is 4.62. The molecule has 2 aliphatic carbocycles. The lowest BCUT2D eigenvalue weighted by atomic mass is 9.67. The molecule has 3 atom stereocenters. The van der Waals surface area contributed by atoms with E-state index in [0.29, 0.717) is 48.7 Å². The van der Waals surface area contributed by atoms with Crippen LogP contribution in [0.3, 0.4) is 0 Å². The summed E-state index contributed by atoms with van der Waals surface area (Å²) in [5.74, 6) is 1.50. The molecule has 3 aliphatic heterocycles. The van der Waals surface area contributed by atoms with Crippen LogP contribution in [-0.2, 0) is 16.0 Å². The number of methoxy groups -OCH3 is 2. The van der Waals surface area contributed by atoms with Gasteiger partial charge in [-0.15, -0.1) is 0 Å². The van der Waals surface area contributed by atoms with E-state index >= 15 is 0 Å². The van der Waals surface area contributed by atoms with Crippen LogP contribution in [0.15, 0.2) is 24.3 Å². The molecule has 218 valence electrons. The van der Waals surface area contributed by atoms with E-state index in [0.717, 1.165) is 36.2 Å². The van der Waals surface area contributed by atoms with E-state index in [-0.39, 0.29) is 36.3 Å². The summed E-state index contributed by atoms with van der Waals surface area (Å²) in [6.07, 6.45) is 5.38. The molecule has 0 N–H and O–H groups in total. The van der Waals surface area contributed by atoms with Crippen LogP contribution < -0.4 is 23.7 Å². The first kappa shape index (κ1) is 26.3. The lowest BCUT2D eigenvalue weighted by molar-refractivity contribution is -0.141. The molecule has 0 bridgehead atoms. The number of fused-ring (bicyclic) bond motifs is 3. The highest BCUT2D eigenvalue weighted by Gasteiger charge is 2.48. The Hall–Kier alpha value is -3.66. The number of hydrogen-bond donors (Lipinski definition) is 0. The van der Waals surface area contributed by atoms with E-state index in [2.05, 4.69) is 4.90 Å². The van der Waals surface area contributed by atoms with Crippen LogP contribution in [0.1, 0.15) is 48.3 Å². The zero-order valence-corrected chi connectivity index (χ0v) is 23.6. The van der Waals surface area contributed by atoms with Gasteiger partial charge in [0, 0.05) is 44.1 Å². The monoisotopic (exact) mass is 564 g/mol. The first-order valence-corrected chi connectivity index (χ1v) is 14.6. The summed E-state index contributed by atoms with van der Waals surface area (Å²) in [7, 11) is 3.07. The van der Waals surface area contributed by atoms with Gasteiger partial charge in [0.05, 0.1) is 26.7 Å². The number of amides is 1. The molecule has 1 amide bonds. The largest absolute Gasteiger partial charge is 0.493 e. The predicted molar refractivity (Wildman–Crippen MR) is 147 cm³/mol. The van der Waals surface area contributed by atoms with E-state index in [1.54, 1.807) is 4.90 Å². The second kappa shape index (κ2) is 10.6. The van der Waals surface area contributed by atoms with Gasteiger partial charge in [-0.05, 0) is 60.2 Å². The maximum atomic E-state index is 13.3. The molecule has 0 spiro atoms. The molecule has 2 aromatic carbocycles. The van der Waals surface area contributed by atoms with Gasteiger partial charge in [-0.3, -0.25) is 9.69 Å². The first-order valence-electron chi connectivity index (χ1n) is 14.6. The van der Waals surface area contributed by atoms with Crippen molar-refractivity contribution in [1.82, 2.24) is 9.80 Å². The summed E-state index contributed by atoms with van der Waals surface area (Å²) in [5, 5.41) is 0. The summed E-state index contributed by atoms with van der Waals surface area (Å²) in [6, 6.07) is 8.32. The molecule has 0 unspecified atom stereocenters. The fourth-order valence-corrected chi connectivity index (χ4v) is 7.38. The Kier molecular flexibility index (Phi) is 6.81. The normalized spacial score (nSPS) is 25.5. The highest BCUT2D eigenvalue weighted by atomic mass is 16.7. The van der Waals surface area contributed by atoms with Gasteiger partial charge in [0.25, 0.3) is 0 Å². The quantitative estimate of drug-likeness (QED) is 0.500. The second-order valence-electron chi connectivity index (χ2n) is 11.6. The second-order valence-corrected chi connectivity index (χ2v) is 11.6. The summed E-state index contributed by atoms with van der Waals surface area (Å²) in [5.41, 5.74) is 2.91. The van der Waals surface area contributed by atoms with Crippen LogP contribution in [-0.4, -0.2) is 81.7 Å². The van der Waals surface area contributed by atoms with E-state index in [4.69, 9.17) is 28.4 Å². The van der Waals surface area contributed by atoms with Crippen LogP contribution in [0, 0.1) is 11.8 Å². The Balaban J connectivity index is 1.18. The predicted octanol–water partition coefficient (Wildman–Crippen LogP) is 3.97. The summed E-state index contributed by atoms with van der Waals surface area (Å²) < 4.78 is 34.3. The number of rotatable bonds is 5. The van der Waals surface area contributed by atoms with Crippen LogP contribution in [0.2, 0.25) is 0 Å². The number of nitrogens with zero attached hydrogens (tertiary/aromatic N) is 2. The van der Waals surface area contributed by atoms with Crippen molar-refractivity contribution in [3.63, 3.8) is 0 Å². The van der Waals surface area contributed by atoms with Gasteiger partial charge < -0.3 is 33.3 Å². The minimum atomic E-state index is -0.421. The van der Waals surface area contributed by atoms with E-state index in [1.807, 2.05) is 24.3 Å². The number of benzene rings is 2. The van der Waals surface area contributed by atoms with Gasteiger partial charge in [-0.2, -0.15) is 0 Å². The van der Waals surface area contributed by atoms with Crippen molar-refractivity contribution in [2.45, 2.75) is 44.1 Å². The number of ether oxygens (including phenoxy) is 6. The maximum Gasteiger partial charge on any atom is 0.415 e. The average molecular weight is 565 g/mol. The summed E-state index contributed by atoms with van der Waals surface area (Å²) >= 11 is 0. The van der Waals surface area contributed by atoms with E-state index < -0.39 is 6.09 Å². The van der Waals surface area contributed by atoms with Gasteiger partial charge in [-0.25, -0.2) is 4.79 Å². The number of piperazine rings is 1. The van der Waals surface area contributed by atoms with Crippen molar-refractivity contribution in [2.24, 2.45) is 11.8 Å². The average Bonchev–Trinajstić information content (AvgIpc) is 3.77. The molecule has 2 aromatic rings. The lowest BCUT2D eigenvalue weighted by Gasteiger charge is -2.37. The smallest absolute Gasteiger partial charge is 0.415 e. The SMILES string of the molecule is COc1cc([C@@H]2c3cc4c(cc3C[C@H]3COC(=O)[C@@H]32)OCO4)cc(OC)c1OC(=O)N1CCN(C2CCCC2)CC1. The van der Waals surface area contributed by atoms with Crippen molar-refractivity contribution in [2.75, 3.05) is 53.8 Å². The number of carbonyl (C=O) groups excluding carboxylic acids is 2. The van der Waals surface area contributed by atoms with Crippen LogP contribution in [0.4, 0.5) is 4.79 Å². The van der Waals surface area contributed by atoms with Gasteiger partial charge >= 0.3 is 12.1 Å². The Morgan fingerprint density at radius 3 is 2.27 bits per heavy atom. The number of carbonyl (C=O) groups is 2. The molecule has 7 rings (SSSR count). The Bertz CT molecular complexity index is 1320. The highest BCUT2D eigenvalue weighted by Crippen LogP contribution is 2.52. The molecule has 3 heterocycles. The van der Waals surface area contributed by atoms with Crippen molar-refractivity contribution in [1.29, 1.82) is 0 Å². The molecule has 2 saturated heterocycles. The maximum absolute atomic E-state index is 13.3. The third-order valence-corrected chi connectivity index (χ3v) is 9.48. The van der Waals surface area contributed by atoms with Crippen molar-refractivity contribution in [3.05, 3.63) is 41.0 Å². The van der Waals surface area contributed by atoms with Crippen LogP contribution >= 0.6 is 0 Å². The standard InChI is InChI=1S/C31H36N2O8/c1-36-25-13-19(27-22-15-24-23(39-17-40-24)12-18(22)11-20-16-38-30(34)28(20)27)14-26(37-2)29(25)41-31(35)33-9-7-32(8-10-33)21-5-3-4-6-21/h12-15,20-21,27-28H,3-11,16-17H2,1-2H3/t20-,27+,28-/m0/s1. The lowest BCUT2D eigenvalue weighted by Crippen LogP contribution is -2.52. The fraction of sp³-hybridized carbons (Fsp3) is 0.548. The molecular weight excluding hydrogens is 528 g/mol. The van der Waals surface area contributed by atoms with Crippen molar-refractivity contribution in [3.8, 4) is 28.7 Å². The highest BCUT2D eigenvalue weighted by molar-refractivity contribution is 5.79. The molecular formula is C31H36N2O8. The Morgan fingerprint density at radius 1 is 0.902 bits per heavy atom. The topological polar surface area (TPSA) is 96.0 Å². The zero-order valence-electron chi connectivity index (χ0n) is 23.6. The van der Waals surface area contributed by atoms with Crippen LogP contribution in [0.5, 0.6) is 28.7 Å². The molecule has 3 fully saturated rings. The Morgan fingerprint density at radius 2 is 1.59 bits per heavy atom. The molecule has 0 radical (unpaired) electrons. The number of hydrogen-bond acceptors (Lipinski definition) is 9. The van der Waals surface area contributed by atoms with Crippen LogP contribution in [0.25, 0.3) is 0 Å². The molecule has 10 nitrogen and oxygen atoms in total. The summed E-state index contributed by atoms with van der Waals surface area (Å²) in [4.78, 5) is 30.5. The molecule has 1 saturated carbocycles. The zero-order chi connectivity index (χ0) is 28.1. The van der Waals surface area contributed by atoms with E-state index in [9.17, 15) is 9.59 Å². The van der Waals surface area contributed by atoms with Crippen molar-refractivity contribution < 1.29 is 38.0 Å². The minimum Gasteiger partial charge on any atom is -0.493 e. The molecule has 5 aliphatic rings. The Labute approximate surface area is 239 Å². The van der Waals surface area contributed by atoms with E-state index in [1.165, 1.54) is 39.9 Å². The number of esters is 1. The minimum absolute atomic E-state index is 0.0396. The van der Waals surface area contributed by atoms with Gasteiger partial charge in [0.2, 0.25) is 12.5 Å². The first-order chi connectivity index (χ1) is 20.0. The van der Waals surface area contributed by atoms with Crippen molar-refractivity contribution >= 4 is 12.1 Å². The molecule has 41 heavy (non-hydrogen) atoms. The molecule has 10 heteroatoms. The van der Waals surface area contributed by atoms with Gasteiger partial charge in [0.15, 0.2) is 23.0 Å². The third-order valence-electron chi connectivity index (χ3n) is 9.48. The fourth-order valence-electron chi connectivity index (χ4n) is 7.38. The summed E-state index contributed by atoms with van der Waals surface area (Å²) in [6.45, 7) is 3.51.